The Bertz CT molecular complexity index is 305. The molecule has 1 fully saturated rings. The quantitative estimate of drug-likeness (QED) is 0.766. The molecule has 0 aliphatic heterocycles. The summed E-state index contributed by atoms with van der Waals surface area (Å²) in [6.45, 7) is 2.63. The van der Waals surface area contributed by atoms with Crippen LogP contribution < -0.4 is 10.5 Å². The lowest BCUT2D eigenvalue weighted by Crippen LogP contribution is -2.03. The maximum absolute atomic E-state index is 5.72. The van der Waals surface area contributed by atoms with Gasteiger partial charge in [0.15, 0.2) is 0 Å². The summed E-state index contributed by atoms with van der Waals surface area (Å²) in [5.41, 5.74) is 7.99. The Kier molecular flexibility index (Phi) is 2.23. The largest absolute Gasteiger partial charge is 0.490 e. The first-order chi connectivity index (χ1) is 6.29. The molecule has 0 spiro atoms. The topological polar surface area (TPSA) is 35.2 Å². The highest BCUT2D eigenvalue weighted by Gasteiger charge is 2.24. The van der Waals surface area contributed by atoms with Gasteiger partial charge in [-0.3, -0.25) is 0 Å². The van der Waals surface area contributed by atoms with Gasteiger partial charge in [0.2, 0.25) is 0 Å². The van der Waals surface area contributed by atoms with Gasteiger partial charge in [0.25, 0.3) is 0 Å². The average molecular weight is 177 g/mol. The molecule has 0 aromatic heterocycles. The third-order valence-electron chi connectivity index (χ3n) is 2.25. The number of benzene rings is 1. The highest BCUT2D eigenvalue weighted by Crippen LogP contribution is 2.29. The lowest BCUT2D eigenvalue weighted by Gasteiger charge is -2.09. The number of ether oxygens (including phenoxy) is 1. The van der Waals surface area contributed by atoms with Gasteiger partial charge in [-0.1, -0.05) is 17.7 Å². The molecular weight excluding hydrogens is 162 g/mol. The molecule has 0 amide bonds. The first-order valence-corrected chi connectivity index (χ1v) is 4.76. The van der Waals surface area contributed by atoms with Crippen LogP contribution in [0, 0.1) is 6.92 Å². The van der Waals surface area contributed by atoms with Crippen LogP contribution in [0.4, 0.5) is 0 Å². The average Bonchev–Trinajstić information content (AvgIpc) is 2.92. The van der Waals surface area contributed by atoms with E-state index in [2.05, 4.69) is 19.1 Å². The van der Waals surface area contributed by atoms with Gasteiger partial charge >= 0.3 is 0 Å². The van der Waals surface area contributed by atoms with E-state index in [0.717, 1.165) is 11.3 Å². The fourth-order valence-corrected chi connectivity index (χ4v) is 1.35. The van der Waals surface area contributed by atoms with Crippen LogP contribution in [0.2, 0.25) is 0 Å². The van der Waals surface area contributed by atoms with E-state index >= 15 is 0 Å². The zero-order valence-electron chi connectivity index (χ0n) is 7.92. The molecule has 0 heterocycles. The predicted octanol–water partition coefficient (Wildman–Crippen LogP) is 1.99. The third-order valence-corrected chi connectivity index (χ3v) is 2.25. The van der Waals surface area contributed by atoms with E-state index < -0.39 is 0 Å². The Morgan fingerprint density at radius 1 is 1.46 bits per heavy atom. The monoisotopic (exact) mass is 177 g/mol. The minimum Gasteiger partial charge on any atom is -0.490 e. The lowest BCUT2D eigenvalue weighted by atomic mass is 10.1. The van der Waals surface area contributed by atoms with Crippen LogP contribution in [0.15, 0.2) is 18.2 Å². The Morgan fingerprint density at radius 3 is 2.85 bits per heavy atom. The van der Waals surface area contributed by atoms with Crippen molar-refractivity contribution in [3.05, 3.63) is 29.3 Å². The summed E-state index contributed by atoms with van der Waals surface area (Å²) < 4.78 is 5.72. The molecule has 0 radical (unpaired) electrons. The van der Waals surface area contributed by atoms with Crippen LogP contribution >= 0.6 is 0 Å². The SMILES string of the molecule is Cc1ccc(OC2CC2)c(CN)c1. The molecule has 2 nitrogen and oxygen atoms in total. The van der Waals surface area contributed by atoms with Gasteiger partial charge < -0.3 is 10.5 Å². The fraction of sp³-hybridized carbons (Fsp3) is 0.455. The first kappa shape index (κ1) is 8.57. The molecule has 0 bridgehead atoms. The number of aryl methyl sites for hydroxylation is 1. The van der Waals surface area contributed by atoms with Gasteiger partial charge in [0.1, 0.15) is 5.75 Å². The molecule has 2 N–H and O–H groups in total. The standard InChI is InChI=1S/C11H15NO/c1-8-2-5-11(9(6-8)7-12)13-10-3-4-10/h2,5-6,10H,3-4,7,12H2,1H3. The van der Waals surface area contributed by atoms with Gasteiger partial charge in [-0.05, 0) is 25.8 Å². The van der Waals surface area contributed by atoms with E-state index in [4.69, 9.17) is 10.5 Å². The molecule has 1 saturated carbocycles. The van der Waals surface area contributed by atoms with Crippen LogP contribution in [0.5, 0.6) is 5.75 Å². The van der Waals surface area contributed by atoms with Crippen molar-refractivity contribution >= 4 is 0 Å². The maximum Gasteiger partial charge on any atom is 0.124 e. The second-order valence-electron chi connectivity index (χ2n) is 3.63. The van der Waals surface area contributed by atoms with E-state index in [1.807, 2.05) is 6.07 Å². The molecule has 1 aliphatic carbocycles. The molecular formula is C11H15NO. The Labute approximate surface area is 78.7 Å². The Morgan fingerprint density at radius 2 is 2.23 bits per heavy atom. The third kappa shape index (κ3) is 2.01. The molecule has 1 aliphatic rings. The molecule has 0 unspecified atom stereocenters. The molecule has 0 atom stereocenters. The van der Waals surface area contributed by atoms with Gasteiger partial charge in [-0.25, -0.2) is 0 Å². The second kappa shape index (κ2) is 3.38. The molecule has 70 valence electrons. The van der Waals surface area contributed by atoms with Gasteiger partial charge in [0.05, 0.1) is 6.10 Å². The first-order valence-electron chi connectivity index (χ1n) is 4.76. The van der Waals surface area contributed by atoms with E-state index in [0.29, 0.717) is 12.6 Å². The van der Waals surface area contributed by atoms with Gasteiger partial charge in [-0.2, -0.15) is 0 Å². The molecule has 2 heteroatoms. The van der Waals surface area contributed by atoms with Crippen molar-refractivity contribution in [2.45, 2.75) is 32.4 Å². The molecule has 2 rings (SSSR count). The summed E-state index contributed by atoms with van der Waals surface area (Å²) in [6.07, 6.45) is 2.84. The summed E-state index contributed by atoms with van der Waals surface area (Å²) >= 11 is 0. The number of rotatable bonds is 3. The number of nitrogens with two attached hydrogens (primary N) is 1. The summed E-state index contributed by atoms with van der Waals surface area (Å²) in [6, 6.07) is 6.18. The Balaban J connectivity index is 2.21. The second-order valence-corrected chi connectivity index (χ2v) is 3.63. The van der Waals surface area contributed by atoms with Crippen molar-refractivity contribution in [2.75, 3.05) is 0 Å². The zero-order valence-corrected chi connectivity index (χ0v) is 7.92. The van der Waals surface area contributed by atoms with Gasteiger partial charge in [0, 0.05) is 12.1 Å². The summed E-state index contributed by atoms with van der Waals surface area (Å²) in [5.74, 6) is 0.968. The maximum atomic E-state index is 5.72. The predicted molar refractivity (Wildman–Crippen MR) is 52.7 cm³/mol. The van der Waals surface area contributed by atoms with Crippen LogP contribution in [0.1, 0.15) is 24.0 Å². The van der Waals surface area contributed by atoms with Crippen LogP contribution in [-0.4, -0.2) is 6.10 Å². The lowest BCUT2D eigenvalue weighted by molar-refractivity contribution is 0.300. The van der Waals surface area contributed by atoms with Crippen molar-refractivity contribution < 1.29 is 4.74 Å². The number of hydrogen-bond acceptors (Lipinski definition) is 2. The molecule has 0 saturated heterocycles. The molecule has 1 aromatic rings. The minimum atomic E-state index is 0.452. The van der Waals surface area contributed by atoms with Crippen molar-refractivity contribution in [1.82, 2.24) is 0 Å². The van der Waals surface area contributed by atoms with Crippen molar-refractivity contribution in [2.24, 2.45) is 5.73 Å². The summed E-state index contributed by atoms with van der Waals surface area (Å²) in [7, 11) is 0. The molecule has 1 aromatic carbocycles. The summed E-state index contributed by atoms with van der Waals surface area (Å²) in [4.78, 5) is 0. The Hall–Kier alpha value is -1.02. The van der Waals surface area contributed by atoms with Crippen molar-refractivity contribution in [1.29, 1.82) is 0 Å². The summed E-state index contributed by atoms with van der Waals surface area (Å²) in [5, 5.41) is 0. The van der Waals surface area contributed by atoms with E-state index in [9.17, 15) is 0 Å². The van der Waals surface area contributed by atoms with E-state index in [1.54, 1.807) is 0 Å². The van der Waals surface area contributed by atoms with E-state index in [1.165, 1.54) is 18.4 Å². The van der Waals surface area contributed by atoms with Crippen LogP contribution in [0.3, 0.4) is 0 Å². The fourth-order valence-electron chi connectivity index (χ4n) is 1.35. The normalized spacial score (nSPS) is 15.8. The van der Waals surface area contributed by atoms with Crippen LogP contribution in [0.25, 0.3) is 0 Å². The van der Waals surface area contributed by atoms with Crippen LogP contribution in [-0.2, 0) is 6.54 Å². The smallest absolute Gasteiger partial charge is 0.124 e. The highest BCUT2D eigenvalue weighted by atomic mass is 16.5. The number of hydrogen-bond donors (Lipinski definition) is 1. The zero-order chi connectivity index (χ0) is 9.26. The highest BCUT2D eigenvalue weighted by molar-refractivity contribution is 5.37. The van der Waals surface area contributed by atoms with Crippen molar-refractivity contribution in [3.8, 4) is 5.75 Å². The van der Waals surface area contributed by atoms with Crippen molar-refractivity contribution in [3.63, 3.8) is 0 Å². The van der Waals surface area contributed by atoms with E-state index in [-0.39, 0.29) is 0 Å². The minimum absolute atomic E-state index is 0.452. The molecule has 13 heavy (non-hydrogen) atoms. The van der Waals surface area contributed by atoms with Gasteiger partial charge in [-0.15, -0.1) is 0 Å².